The smallest absolute Gasteiger partial charge is 0.181 e. The van der Waals surface area contributed by atoms with E-state index in [2.05, 4.69) is 11.5 Å². The van der Waals surface area contributed by atoms with E-state index in [-0.39, 0.29) is 6.10 Å². The Labute approximate surface area is 79.0 Å². The summed E-state index contributed by atoms with van der Waals surface area (Å²) in [6.07, 6.45) is 3.98. The molecule has 0 aromatic carbocycles. The van der Waals surface area contributed by atoms with Crippen LogP contribution in [0.5, 0.6) is 0 Å². The number of aliphatic hydroxyl groups excluding tert-OH is 1. The minimum absolute atomic E-state index is 0.113. The van der Waals surface area contributed by atoms with Crippen LogP contribution < -0.4 is 0 Å². The fourth-order valence-electron chi connectivity index (χ4n) is 2.66. The largest absolute Gasteiger partial charge is 0.483 e. The van der Waals surface area contributed by atoms with Crippen LogP contribution in [0.25, 0.3) is 0 Å². The quantitative estimate of drug-likeness (QED) is 0.650. The predicted octanol–water partition coefficient (Wildman–Crippen LogP) is 1.09. The van der Waals surface area contributed by atoms with Crippen LogP contribution in [0, 0.1) is 0 Å². The van der Waals surface area contributed by atoms with E-state index in [1.807, 2.05) is 0 Å². The van der Waals surface area contributed by atoms with Crippen molar-refractivity contribution in [2.45, 2.75) is 43.9 Å². The van der Waals surface area contributed by atoms with Crippen molar-refractivity contribution in [2.24, 2.45) is 0 Å². The van der Waals surface area contributed by atoms with Crippen molar-refractivity contribution in [3.63, 3.8) is 0 Å². The Balaban J connectivity index is 2.10. The minimum atomic E-state index is -0.113. The molecule has 2 heterocycles. The van der Waals surface area contributed by atoms with Gasteiger partial charge in [-0.25, -0.2) is 0 Å². The monoisotopic (exact) mass is 183 g/mol. The van der Waals surface area contributed by atoms with Crippen LogP contribution >= 0.6 is 0 Å². The van der Waals surface area contributed by atoms with E-state index >= 15 is 0 Å². The van der Waals surface area contributed by atoms with Crippen molar-refractivity contribution in [1.82, 2.24) is 4.90 Å². The Morgan fingerprint density at radius 3 is 2.38 bits per heavy atom. The van der Waals surface area contributed by atoms with Crippen molar-refractivity contribution in [3.05, 3.63) is 12.5 Å². The lowest BCUT2D eigenvalue weighted by Crippen LogP contribution is -2.44. The molecule has 2 aliphatic heterocycles. The van der Waals surface area contributed by atoms with Gasteiger partial charge in [0.2, 0.25) is 0 Å². The summed E-state index contributed by atoms with van der Waals surface area (Å²) < 4.78 is 5.16. The van der Waals surface area contributed by atoms with Gasteiger partial charge in [0.15, 0.2) is 5.88 Å². The molecule has 0 aromatic heterocycles. The highest BCUT2D eigenvalue weighted by Gasteiger charge is 2.41. The number of hydrogen-bond donors (Lipinski definition) is 1. The summed E-state index contributed by atoms with van der Waals surface area (Å²) in [5.41, 5.74) is 0. The predicted molar refractivity (Wildman–Crippen MR) is 50.0 cm³/mol. The van der Waals surface area contributed by atoms with Crippen molar-refractivity contribution in [2.75, 3.05) is 7.11 Å². The topological polar surface area (TPSA) is 32.7 Å². The Morgan fingerprint density at radius 1 is 1.38 bits per heavy atom. The van der Waals surface area contributed by atoms with Crippen LogP contribution in [0.2, 0.25) is 0 Å². The highest BCUT2D eigenvalue weighted by atomic mass is 16.5. The number of ether oxygens (including phenoxy) is 1. The van der Waals surface area contributed by atoms with Gasteiger partial charge in [-0.1, -0.05) is 0 Å². The highest BCUT2D eigenvalue weighted by molar-refractivity contribution is 5.02. The second-order valence-electron chi connectivity index (χ2n) is 4.02. The van der Waals surface area contributed by atoms with E-state index in [1.165, 1.54) is 12.8 Å². The molecular weight excluding hydrogens is 166 g/mol. The zero-order valence-electron chi connectivity index (χ0n) is 8.07. The summed E-state index contributed by atoms with van der Waals surface area (Å²) in [4.78, 5) is 2.24. The Kier molecular flexibility index (Phi) is 2.20. The maximum atomic E-state index is 9.57. The average Bonchev–Trinajstić information content (AvgIpc) is 2.37. The number of piperidine rings is 1. The first-order valence-electron chi connectivity index (χ1n) is 4.91. The summed E-state index contributed by atoms with van der Waals surface area (Å²) in [5, 5.41) is 9.57. The van der Waals surface area contributed by atoms with Gasteiger partial charge in [-0.3, -0.25) is 0 Å². The van der Waals surface area contributed by atoms with Gasteiger partial charge in [0.1, 0.15) is 0 Å². The summed E-state index contributed by atoms with van der Waals surface area (Å²) >= 11 is 0. The van der Waals surface area contributed by atoms with Crippen molar-refractivity contribution in [1.29, 1.82) is 0 Å². The van der Waals surface area contributed by atoms with E-state index in [9.17, 15) is 5.11 Å². The van der Waals surface area contributed by atoms with Crippen LogP contribution in [-0.4, -0.2) is 35.3 Å². The first kappa shape index (κ1) is 8.88. The summed E-state index contributed by atoms with van der Waals surface area (Å²) in [7, 11) is 1.66. The summed E-state index contributed by atoms with van der Waals surface area (Å²) in [6, 6.07) is 0.919. The van der Waals surface area contributed by atoms with Crippen LogP contribution in [0.4, 0.5) is 0 Å². The van der Waals surface area contributed by atoms with Crippen LogP contribution in [0.15, 0.2) is 12.5 Å². The molecule has 13 heavy (non-hydrogen) atoms. The van der Waals surface area contributed by atoms with Crippen molar-refractivity contribution < 1.29 is 9.84 Å². The summed E-state index contributed by atoms with van der Waals surface area (Å²) in [6.45, 7) is 3.88. The van der Waals surface area contributed by atoms with Gasteiger partial charge in [0.05, 0.1) is 13.2 Å². The molecule has 2 saturated heterocycles. The molecule has 2 unspecified atom stereocenters. The molecule has 2 atom stereocenters. The maximum absolute atomic E-state index is 9.57. The zero-order chi connectivity index (χ0) is 9.42. The normalized spacial score (nSPS) is 37.7. The molecule has 2 bridgehead atoms. The molecular formula is C10H17NO2. The van der Waals surface area contributed by atoms with Crippen molar-refractivity contribution in [3.8, 4) is 0 Å². The number of hydrogen-bond acceptors (Lipinski definition) is 3. The van der Waals surface area contributed by atoms with E-state index in [4.69, 9.17) is 4.74 Å². The highest BCUT2D eigenvalue weighted by Crippen LogP contribution is 2.37. The van der Waals surface area contributed by atoms with Gasteiger partial charge in [0.25, 0.3) is 0 Å². The standard InChI is InChI=1S/C10H17NO2/c1-7(13-2)11-8-3-4-9(11)6-10(12)5-8/h8-10,12H,1,3-6H2,2H3. The zero-order valence-corrected chi connectivity index (χ0v) is 8.07. The fourth-order valence-corrected chi connectivity index (χ4v) is 2.66. The average molecular weight is 183 g/mol. The second kappa shape index (κ2) is 3.22. The number of aliphatic hydroxyl groups is 1. The molecule has 2 fully saturated rings. The van der Waals surface area contributed by atoms with Gasteiger partial charge in [0, 0.05) is 12.1 Å². The Hall–Kier alpha value is -0.700. The Bertz CT molecular complexity index is 203. The lowest BCUT2D eigenvalue weighted by atomic mass is 10.0. The van der Waals surface area contributed by atoms with Gasteiger partial charge < -0.3 is 14.7 Å². The molecule has 2 aliphatic rings. The van der Waals surface area contributed by atoms with Gasteiger partial charge >= 0.3 is 0 Å². The maximum Gasteiger partial charge on any atom is 0.181 e. The van der Waals surface area contributed by atoms with E-state index < -0.39 is 0 Å². The third-order valence-electron chi connectivity index (χ3n) is 3.23. The molecule has 0 radical (unpaired) electrons. The number of rotatable bonds is 2. The number of fused-ring (bicyclic) bond motifs is 2. The van der Waals surface area contributed by atoms with Crippen LogP contribution in [0.3, 0.4) is 0 Å². The Morgan fingerprint density at radius 2 is 1.92 bits per heavy atom. The molecule has 2 rings (SSSR count). The molecule has 3 nitrogen and oxygen atoms in total. The minimum Gasteiger partial charge on any atom is -0.483 e. The molecule has 0 spiro atoms. The number of methoxy groups -OCH3 is 1. The molecule has 0 aromatic rings. The van der Waals surface area contributed by atoms with Gasteiger partial charge in [-0.15, -0.1) is 0 Å². The van der Waals surface area contributed by atoms with E-state index in [0.717, 1.165) is 18.7 Å². The van der Waals surface area contributed by atoms with Gasteiger partial charge in [-0.2, -0.15) is 0 Å². The van der Waals surface area contributed by atoms with E-state index in [0.29, 0.717) is 12.1 Å². The first-order valence-corrected chi connectivity index (χ1v) is 4.91. The molecule has 1 N–H and O–H groups in total. The third kappa shape index (κ3) is 1.41. The molecule has 0 amide bonds. The lowest BCUT2D eigenvalue weighted by Gasteiger charge is -2.38. The molecule has 0 aliphatic carbocycles. The SMILES string of the molecule is C=C(OC)N1C2CCC1CC(O)C2. The fraction of sp³-hybridized carbons (Fsp3) is 0.800. The molecule has 0 saturated carbocycles. The van der Waals surface area contributed by atoms with Crippen LogP contribution in [-0.2, 0) is 4.74 Å². The summed E-state index contributed by atoms with van der Waals surface area (Å²) in [5.74, 6) is 0.763. The molecule has 74 valence electrons. The lowest BCUT2D eigenvalue weighted by molar-refractivity contribution is 0.0198. The van der Waals surface area contributed by atoms with Gasteiger partial charge in [-0.05, 0) is 32.3 Å². The number of nitrogens with zero attached hydrogens (tertiary/aromatic N) is 1. The first-order chi connectivity index (χ1) is 6.22. The van der Waals surface area contributed by atoms with Crippen LogP contribution in [0.1, 0.15) is 25.7 Å². The van der Waals surface area contributed by atoms with Crippen molar-refractivity contribution >= 4 is 0 Å². The molecule has 3 heteroatoms. The van der Waals surface area contributed by atoms with E-state index in [1.54, 1.807) is 7.11 Å². The third-order valence-corrected chi connectivity index (χ3v) is 3.23. The second-order valence-corrected chi connectivity index (χ2v) is 4.02.